The minimum Gasteiger partial charge on any atom is -0.344 e. The van der Waals surface area contributed by atoms with Crippen molar-refractivity contribution in [3.05, 3.63) is 94.4 Å². The molecule has 0 aliphatic carbocycles. The monoisotopic (exact) mass is 408 g/mol. The molecule has 1 amide bonds. The Morgan fingerprint density at radius 2 is 1.86 bits per heavy atom. The van der Waals surface area contributed by atoms with Crippen LogP contribution in [0.4, 0.5) is 4.39 Å². The second kappa shape index (κ2) is 8.54. The number of amides is 1. The molecule has 2 heterocycles. The molecule has 1 N–H and O–H groups in total. The molecular formula is C22H17FN2OS2. The summed E-state index contributed by atoms with van der Waals surface area (Å²) in [4.78, 5) is 18.2. The molecule has 3 nitrogen and oxygen atoms in total. The Hall–Kier alpha value is -2.70. The molecule has 6 heteroatoms. The molecule has 0 aliphatic rings. The number of carbonyl (C=O) groups excluding carboxylic acids is 1. The van der Waals surface area contributed by atoms with Gasteiger partial charge in [-0.25, -0.2) is 9.37 Å². The van der Waals surface area contributed by atoms with Gasteiger partial charge in [-0.2, -0.15) is 0 Å². The smallest absolute Gasteiger partial charge is 0.231 e. The molecule has 4 rings (SSSR count). The predicted octanol–water partition coefficient (Wildman–Crippen LogP) is 5.43. The van der Waals surface area contributed by atoms with Crippen LogP contribution >= 0.6 is 23.1 Å². The molecule has 0 bridgehead atoms. The number of carbonyl (C=O) groups is 1. The van der Waals surface area contributed by atoms with E-state index in [9.17, 15) is 9.18 Å². The van der Waals surface area contributed by atoms with Gasteiger partial charge in [0.05, 0.1) is 22.3 Å². The van der Waals surface area contributed by atoms with Crippen LogP contribution in [0.2, 0.25) is 0 Å². The maximum Gasteiger partial charge on any atom is 0.231 e. The minimum atomic E-state index is -0.294. The number of pyridine rings is 1. The molecule has 0 unspecified atom stereocenters. The first-order valence-electron chi connectivity index (χ1n) is 8.76. The van der Waals surface area contributed by atoms with Crippen molar-refractivity contribution >= 4 is 39.9 Å². The Bertz CT molecular complexity index is 1080. The third kappa shape index (κ3) is 4.40. The van der Waals surface area contributed by atoms with Crippen LogP contribution in [0.3, 0.4) is 0 Å². The molecule has 0 saturated carbocycles. The molecule has 0 aliphatic heterocycles. The summed E-state index contributed by atoms with van der Waals surface area (Å²) in [5, 5.41) is 6.91. The summed E-state index contributed by atoms with van der Waals surface area (Å²) in [7, 11) is 0. The molecule has 0 spiro atoms. The summed E-state index contributed by atoms with van der Waals surface area (Å²) < 4.78 is 13.3. The van der Waals surface area contributed by atoms with Crippen LogP contribution in [0, 0.1) is 5.82 Å². The lowest BCUT2D eigenvalue weighted by atomic mass is 10.1. The SMILES string of the molecule is O=C(CSc1ccc2ccccc2n1)N[C@@H](c1ccc(F)cc1)c1cccs1. The summed E-state index contributed by atoms with van der Waals surface area (Å²) in [6.45, 7) is 0. The molecule has 28 heavy (non-hydrogen) atoms. The van der Waals surface area contributed by atoms with Crippen molar-refractivity contribution in [2.24, 2.45) is 0 Å². The van der Waals surface area contributed by atoms with Crippen LogP contribution in [0.1, 0.15) is 16.5 Å². The van der Waals surface area contributed by atoms with Gasteiger partial charge in [0.1, 0.15) is 5.82 Å². The second-order valence-electron chi connectivity index (χ2n) is 6.20. The summed E-state index contributed by atoms with van der Waals surface area (Å²) in [5.41, 5.74) is 1.77. The van der Waals surface area contributed by atoms with Gasteiger partial charge in [-0.1, -0.05) is 54.2 Å². The van der Waals surface area contributed by atoms with Crippen molar-refractivity contribution in [1.82, 2.24) is 10.3 Å². The molecule has 2 aromatic carbocycles. The first-order chi connectivity index (χ1) is 13.7. The van der Waals surface area contributed by atoms with Crippen molar-refractivity contribution in [3.8, 4) is 0 Å². The molecular weight excluding hydrogens is 391 g/mol. The van der Waals surface area contributed by atoms with E-state index < -0.39 is 0 Å². The van der Waals surface area contributed by atoms with Crippen molar-refractivity contribution in [2.45, 2.75) is 11.1 Å². The van der Waals surface area contributed by atoms with Crippen LogP contribution in [-0.2, 0) is 4.79 Å². The highest BCUT2D eigenvalue weighted by Gasteiger charge is 2.18. The van der Waals surface area contributed by atoms with Gasteiger partial charge >= 0.3 is 0 Å². The fourth-order valence-electron chi connectivity index (χ4n) is 2.90. The number of nitrogens with zero attached hydrogens (tertiary/aromatic N) is 1. The van der Waals surface area contributed by atoms with E-state index in [0.717, 1.165) is 26.4 Å². The van der Waals surface area contributed by atoms with Crippen molar-refractivity contribution in [3.63, 3.8) is 0 Å². The lowest BCUT2D eigenvalue weighted by molar-refractivity contribution is -0.119. The highest BCUT2D eigenvalue weighted by Crippen LogP contribution is 2.27. The van der Waals surface area contributed by atoms with E-state index in [4.69, 9.17) is 0 Å². The van der Waals surface area contributed by atoms with Gasteiger partial charge in [0.25, 0.3) is 0 Å². The van der Waals surface area contributed by atoms with E-state index in [1.54, 1.807) is 23.5 Å². The number of aromatic nitrogens is 1. The topological polar surface area (TPSA) is 42.0 Å². The van der Waals surface area contributed by atoms with Gasteiger partial charge in [-0.15, -0.1) is 11.3 Å². The number of hydrogen-bond acceptors (Lipinski definition) is 4. The Labute approximate surface area is 170 Å². The van der Waals surface area contributed by atoms with E-state index in [2.05, 4.69) is 10.3 Å². The first kappa shape index (κ1) is 18.7. The Morgan fingerprint density at radius 3 is 2.64 bits per heavy atom. The number of thiophene rings is 1. The molecule has 0 fully saturated rings. The van der Waals surface area contributed by atoms with Crippen molar-refractivity contribution in [1.29, 1.82) is 0 Å². The number of hydrogen-bond donors (Lipinski definition) is 1. The average Bonchev–Trinajstić information content (AvgIpc) is 3.26. The zero-order valence-corrected chi connectivity index (χ0v) is 16.5. The third-order valence-electron chi connectivity index (χ3n) is 4.26. The van der Waals surface area contributed by atoms with E-state index in [0.29, 0.717) is 0 Å². The molecule has 140 valence electrons. The Kier molecular flexibility index (Phi) is 5.69. The van der Waals surface area contributed by atoms with Crippen LogP contribution in [-0.4, -0.2) is 16.6 Å². The van der Waals surface area contributed by atoms with Gasteiger partial charge in [0.2, 0.25) is 5.91 Å². The van der Waals surface area contributed by atoms with Crippen LogP contribution in [0.15, 0.2) is 83.2 Å². The van der Waals surface area contributed by atoms with E-state index in [-0.39, 0.29) is 23.5 Å². The first-order valence-corrected chi connectivity index (χ1v) is 10.6. The fourth-order valence-corrected chi connectivity index (χ4v) is 4.39. The number of fused-ring (bicyclic) bond motifs is 1. The van der Waals surface area contributed by atoms with Gasteiger partial charge < -0.3 is 5.32 Å². The number of halogens is 1. The van der Waals surface area contributed by atoms with E-state index >= 15 is 0 Å². The summed E-state index contributed by atoms with van der Waals surface area (Å²) in [6, 6.07) is 21.7. The quantitative estimate of drug-likeness (QED) is 0.432. The van der Waals surface area contributed by atoms with Crippen LogP contribution in [0.5, 0.6) is 0 Å². The largest absolute Gasteiger partial charge is 0.344 e. The highest BCUT2D eigenvalue weighted by molar-refractivity contribution is 7.99. The minimum absolute atomic E-state index is 0.0947. The van der Waals surface area contributed by atoms with Crippen LogP contribution < -0.4 is 5.32 Å². The highest BCUT2D eigenvalue weighted by atomic mass is 32.2. The second-order valence-corrected chi connectivity index (χ2v) is 8.17. The zero-order chi connectivity index (χ0) is 19.3. The molecule has 0 radical (unpaired) electrons. The predicted molar refractivity (Wildman–Crippen MR) is 113 cm³/mol. The van der Waals surface area contributed by atoms with Gasteiger partial charge in [0, 0.05) is 10.3 Å². The molecule has 1 atom stereocenters. The number of benzene rings is 2. The van der Waals surface area contributed by atoms with E-state index in [1.807, 2.05) is 53.9 Å². The third-order valence-corrected chi connectivity index (χ3v) is 6.13. The normalized spacial score (nSPS) is 12.0. The maximum absolute atomic E-state index is 13.3. The van der Waals surface area contributed by atoms with Gasteiger partial charge in [0.15, 0.2) is 0 Å². The molecule has 4 aromatic rings. The number of thioether (sulfide) groups is 1. The standard InChI is InChI=1S/C22H17FN2OS2/c23-17-10-7-16(8-11-17)22(19-6-3-13-27-19)25-20(26)14-28-21-12-9-15-4-1-2-5-18(15)24-21/h1-13,22H,14H2,(H,25,26)/t22-/m0/s1. The summed E-state index contributed by atoms with van der Waals surface area (Å²) in [6.07, 6.45) is 0. The summed E-state index contributed by atoms with van der Waals surface area (Å²) in [5.74, 6) is -0.130. The molecule has 0 saturated heterocycles. The van der Waals surface area contributed by atoms with E-state index in [1.165, 1.54) is 23.9 Å². The summed E-state index contributed by atoms with van der Waals surface area (Å²) >= 11 is 2.96. The average molecular weight is 409 g/mol. The van der Waals surface area contributed by atoms with Crippen LogP contribution in [0.25, 0.3) is 10.9 Å². The Balaban J connectivity index is 1.46. The Morgan fingerprint density at radius 1 is 1.04 bits per heavy atom. The zero-order valence-electron chi connectivity index (χ0n) is 14.8. The fraction of sp³-hybridized carbons (Fsp3) is 0.0909. The molecule has 2 aromatic heterocycles. The van der Waals surface area contributed by atoms with Gasteiger partial charge in [-0.3, -0.25) is 4.79 Å². The number of nitrogens with one attached hydrogen (secondary N) is 1. The van der Waals surface area contributed by atoms with Gasteiger partial charge in [-0.05, 0) is 41.3 Å². The maximum atomic E-state index is 13.3. The number of para-hydroxylation sites is 1. The lowest BCUT2D eigenvalue weighted by Crippen LogP contribution is -2.30. The van der Waals surface area contributed by atoms with Crippen molar-refractivity contribution in [2.75, 3.05) is 5.75 Å². The number of rotatable bonds is 6. The lowest BCUT2D eigenvalue weighted by Gasteiger charge is -2.18. The van der Waals surface area contributed by atoms with Crippen molar-refractivity contribution < 1.29 is 9.18 Å².